The lowest BCUT2D eigenvalue weighted by atomic mass is 9.94. The number of nitrogens with zero attached hydrogens (tertiary/aromatic N) is 9. The highest BCUT2D eigenvalue weighted by molar-refractivity contribution is 5.27. The molecule has 49 heavy (non-hydrogen) atoms. The molecule has 1 saturated heterocycles. The average molecular weight is 661 g/mol. The summed E-state index contributed by atoms with van der Waals surface area (Å²) in [6.45, 7) is 2.50. The van der Waals surface area contributed by atoms with Gasteiger partial charge in [-0.15, -0.1) is 0 Å². The van der Waals surface area contributed by atoms with Crippen molar-refractivity contribution in [2.24, 2.45) is 10.8 Å². The van der Waals surface area contributed by atoms with E-state index in [1.807, 2.05) is 102 Å². The first kappa shape index (κ1) is 34.8. The monoisotopic (exact) mass is 660 g/mol. The van der Waals surface area contributed by atoms with Gasteiger partial charge >= 0.3 is 0 Å². The van der Waals surface area contributed by atoms with Gasteiger partial charge < -0.3 is 34.4 Å². The third-order valence-corrected chi connectivity index (χ3v) is 8.15. The van der Waals surface area contributed by atoms with E-state index in [0.29, 0.717) is 12.1 Å². The number of aromatic nitrogens is 6. The number of hydrogen-bond acceptors (Lipinski definition) is 8. The summed E-state index contributed by atoms with van der Waals surface area (Å²) in [6.07, 6.45) is 15.8. The molecule has 7 rings (SSSR count). The predicted octanol–water partition coefficient (Wildman–Crippen LogP) is 4.62. The summed E-state index contributed by atoms with van der Waals surface area (Å²) in [5, 5.41) is 24.7. The Balaban J connectivity index is 0.000000144. The van der Waals surface area contributed by atoms with E-state index in [2.05, 4.69) is 41.7 Å². The van der Waals surface area contributed by atoms with E-state index in [0.717, 1.165) is 18.7 Å². The van der Waals surface area contributed by atoms with Gasteiger partial charge in [0.25, 0.3) is 0 Å². The molecule has 3 unspecified atom stereocenters. The van der Waals surface area contributed by atoms with Gasteiger partial charge in [0.05, 0.1) is 51.8 Å². The molecule has 0 bridgehead atoms. The summed E-state index contributed by atoms with van der Waals surface area (Å²) in [7, 11) is 0. The van der Waals surface area contributed by atoms with Crippen molar-refractivity contribution in [3.63, 3.8) is 0 Å². The number of benzene rings is 3. The number of aliphatic hydroxyl groups is 2. The maximum absolute atomic E-state index is 10.7. The van der Waals surface area contributed by atoms with E-state index < -0.39 is 11.2 Å². The van der Waals surface area contributed by atoms with E-state index in [9.17, 15) is 10.2 Å². The second kappa shape index (κ2) is 16.5. The van der Waals surface area contributed by atoms with Crippen molar-refractivity contribution < 1.29 is 14.9 Å². The van der Waals surface area contributed by atoms with Crippen LogP contribution in [0.25, 0.3) is 10.4 Å². The fourth-order valence-electron chi connectivity index (χ4n) is 5.37. The molecule has 0 amide bonds. The summed E-state index contributed by atoms with van der Waals surface area (Å²) >= 11 is 0. The molecular weight excluding hydrogens is 620 g/mol. The summed E-state index contributed by atoms with van der Waals surface area (Å²) in [5.74, 6) is 0. The van der Waals surface area contributed by atoms with Gasteiger partial charge in [0, 0.05) is 48.6 Å². The first-order chi connectivity index (χ1) is 23.9. The molecule has 3 aromatic carbocycles. The minimum absolute atomic E-state index is 0.0221. The second-order valence-corrected chi connectivity index (χ2v) is 11.7. The maximum atomic E-state index is 10.7. The summed E-state index contributed by atoms with van der Waals surface area (Å²) in [4.78, 5) is 14.6. The van der Waals surface area contributed by atoms with Gasteiger partial charge in [-0.05, 0) is 22.2 Å². The molecular formula is C36H40N10O3. The van der Waals surface area contributed by atoms with Crippen molar-refractivity contribution in [2.45, 2.75) is 36.4 Å². The molecule has 0 radical (unpaired) electrons. The fraction of sp³-hybridized carbons (Fsp3) is 0.250. The van der Waals surface area contributed by atoms with Gasteiger partial charge in [-0.1, -0.05) is 96.1 Å². The number of azide groups is 1. The molecule has 13 heteroatoms. The lowest BCUT2D eigenvalue weighted by molar-refractivity contribution is 0.0272. The number of rotatable bonds is 12. The van der Waals surface area contributed by atoms with Crippen LogP contribution in [0.1, 0.15) is 16.7 Å². The molecule has 1 aliphatic rings. The minimum Gasteiger partial charge on any atom is -0.383 e. The van der Waals surface area contributed by atoms with Gasteiger partial charge in [-0.3, -0.25) is 0 Å². The molecule has 0 aliphatic carbocycles. The molecule has 1 aliphatic heterocycles. The predicted molar refractivity (Wildman–Crippen MR) is 184 cm³/mol. The highest BCUT2D eigenvalue weighted by Crippen LogP contribution is 2.40. The smallest absolute Gasteiger partial charge is 0.134 e. The number of hydrogen-bond donors (Lipinski definition) is 3. The van der Waals surface area contributed by atoms with E-state index in [-0.39, 0.29) is 25.2 Å². The Labute approximate surface area is 284 Å². The fourth-order valence-corrected chi connectivity index (χ4v) is 5.37. The first-order valence-corrected chi connectivity index (χ1v) is 15.7. The van der Waals surface area contributed by atoms with Crippen molar-refractivity contribution >= 4 is 0 Å². The van der Waals surface area contributed by atoms with Gasteiger partial charge in [0.15, 0.2) is 0 Å². The summed E-state index contributed by atoms with van der Waals surface area (Å²) in [5.41, 5.74) is 14.5. The Morgan fingerprint density at radius 1 is 0.735 bits per heavy atom. The van der Waals surface area contributed by atoms with Crippen molar-refractivity contribution in [3.8, 4) is 0 Å². The number of epoxide rings is 1. The average Bonchev–Trinajstić information content (AvgIpc) is 3.58. The standard InChI is InChI=1S/C12H13N5O.C12H15N3O.C12H12N2O/c13-16-15-8-12(18,9-17-7-6-14-10-17)11-4-2-1-3-5-11;13-8-12(16,9-15-7-6-14-10-15)11-4-2-1-3-5-11;1-2-4-11(5-3-1)12(9-15-12)8-14-7-6-13-10-14/h1-7,10,18H,8-9H2;1-7,10,16H,8-9,13H2;1-7,10H,8-9H2. The Bertz CT molecular complexity index is 1830. The number of ether oxygens (including phenoxy) is 1. The van der Waals surface area contributed by atoms with Crippen LogP contribution in [0, 0.1) is 0 Å². The maximum Gasteiger partial charge on any atom is 0.134 e. The van der Waals surface area contributed by atoms with Crippen LogP contribution >= 0.6 is 0 Å². The molecule has 3 atom stereocenters. The minimum atomic E-state index is -1.23. The van der Waals surface area contributed by atoms with Crippen molar-refractivity contribution in [1.82, 2.24) is 28.7 Å². The zero-order chi connectivity index (χ0) is 34.4. The van der Waals surface area contributed by atoms with Crippen LogP contribution in [0.5, 0.6) is 0 Å². The molecule has 4 heterocycles. The second-order valence-electron chi connectivity index (χ2n) is 11.7. The molecule has 6 aromatic rings. The Kier molecular flexibility index (Phi) is 11.7. The molecule has 1 fully saturated rings. The zero-order valence-corrected chi connectivity index (χ0v) is 27.0. The van der Waals surface area contributed by atoms with Crippen molar-refractivity contribution in [2.75, 3.05) is 19.7 Å². The Hall–Kier alpha value is -5.56. The van der Waals surface area contributed by atoms with Crippen LogP contribution in [0.15, 0.2) is 152 Å². The molecule has 252 valence electrons. The lowest BCUT2D eigenvalue weighted by Gasteiger charge is -2.27. The SMILES string of the molecule is NCC(O)(Cn1ccnc1)c1ccccc1.[N-]=[N+]=NCC(O)(Cn1ccnc1)c1ccccc1.c1ccc(C2(Cn3ccnc3)CO2)cc1. The molecule has 0 saturated carbocycles. The highest BCUT2D eigenvalue weighted by Gasteiger charge is 2.46. The van der Waals surface area contributed by atoms with Crippen LogP contribution in [0.3, 0.4) is 0 Å². The van der Waals surface area contributed by atoms with E-state index >= 15 is 0 Å². The lowest BCUT2D eigenvalue weighted by Crippen LogP contribution is -2.38. The van der Waals surface area contributed by atoms with E-state index in [4.69, 9.17) is 16.0 Å². The van der Waals surface area contributed by atoms with Crippen LogP contribution in [-0.4, -0.2) is 58.6 Å². The van der Waals surface area contributed by atoms with Crippen LogP contribution in [-0.2, 0) is 41.2 Å². The van der Waals surface area contributed by atoms with Gasteiger partial charge in [0.2, 0.25) is 0 Å². The van der Waals surface area contributed by atoms with Crippen molar-refractivity contribution in [3.05, 3.63) is 174 Å². The quantitative estimate of drug-likeness (QED) is 0.0741. The Morgan fingerprint density at radius 2 is 1.18 bits per heavy atom. The van der Waals surface area contributed by atoms with Crippen LogP contribution < -0.4 is 5.73 Å². The largest absolute Gasteiger partial charge is 0.383 e. The topological polar surface area (TPSA) is 181 Å². The third kappa shape index (κ3) is 9.51. The Morgan fingerprint density at radius 3 is 1.61 bits per heavy atom. The van der Waals surface area contributed by atoms with Crippen LogP contribution in [0.2, 0.25) is 0 Å². The van der Waals surface area contributed by atoms with E-state index in [1.54, 1.807) is 42.0 Å². The summed E-state index contributed by atoms with van der Waals surface area (Å²) in [6, 6.07) is 29.0. The molecule has 3 aromatic heterocycles. The molecule has 0 spiro atoms. The van der Waals surface area contributed by atoms with Crippen molar-refractivity contribution in [1.29, 1.82) is 0 Å². The normalized spacial score (nSPS) is 17.1. The summed E-state index contributed by atoms with van der Waals surface area (Å²) < 4.78 is 11.2. The third-order valence-electron chi connectivity index (χ3n) is 8.15. The van der Waals surface area contributed by atoms with Crippen LogP contribution in [0.4, 0.5) is 0 Å². The highest BCUT2D eigenvalue weighted by atomic mass is 16.6. The number of imidazole rings is 3. The van der Waals surface area contributed by atoms with Gasteiger partial charge in [-0.25, -0.2) is 15.0 Å². The number of nitrogens with two attached hydrogens (primary N) is 1. The zero-order valence-electron chi connectivity index (χ0n) is 27.0. The van der Waals surface area contributed by atoms with E-state index in [1.165, 1.54) is 5.56 Å². The first-order valence-electron chi connectivity index (χ1n) is 15.7. The van der Waals surface area contributed by atoms with Gasteiger partial charge in [0.1, 0.15) is 16.8 Å². The molecule has 13 nitrogen and oxygen atoms in total. The van der Waals surface area contributed by atoms with Gasteiger partial charge in [-0.2, -0.15) is 0 Å². The molecule has 4 N–H and O–H groups in total.